The number of allylic oxidation sites excluding steroid dienone is 1. The number of carbonyl (C=O) groups excluding carboxylic acids is 2. The first-order chi connectivity index (χ1) is 18.5. The van der Waals surface area contributed by atoms with Crippen LogP contribution in [0.3, 0.4) is 0 Å². The molecule has 0 amide bonds. The monoisotopic (exact) mass is 564 g/mol. The molecule has 0 aromatic rings. The fourth-order valence-corrected chi connectivity index (χ4v) is 10.0. The average molecular weight is 565 g/mol. The molecule has 4 fully saturated rings. The quantitative estimate of drug-likeness (QED) is 0.316. The summed E-state index contributed by atoms with van der Waals surface area (Å²) in [7, 11) is 0. The molecule has 5 rings (SSSR count). The third kappa shape index (κ3) is 4.09. The van der Waals surface area contributed by atoms with Gasteiger partial charge in [0.2, 0.25) is 0 Å². The Kier molecular flexibility index (Phi) is 7.41. The molecule has 1 saturated heterocycles. The average Bonchev–Trinajstić information content (AvgIpc) is 3.31. The summed E-state index contributed by atoms with van der Waals surface area (Å²) < 4.78 is 11.7. The lowest BCUT2D eigenvalue weighted by Crippen LogP contribution is -2.64. The van der Waals surface area contributed by atoms with Gasteiger partial charge in [0.1, 0.15) is 11.7 Å². The highest BCUT2D eigenvalue weighted by atomic mass is 16.6. The first-order valence-corrected chi connectivity index (χ1v) is 15.1. The van der Waals surface area contributed by atoms with Crippen molar-refractivity contribution in [2.24, 2.45) is 40.4 Å². The summed E-state index contributed by atoms with van der Waals surface area (Å²) in [4.78, 5) is 25.8. The van der Waals surface area contributed by atoms with Gasteiger partial charge >= 0.3 is 5.97 Å². The van der Waals surface area contributed by atoms with Crippen molar-refractivity contribution < 1.29 is 44.6 Å². The van der Waals surface area contributed by atoms with Crippen LogP contribution < -0.4 is 0 Å². The van der Waals surface area contributed by atoms with Gasteiger partial charge in [0, 0.05) is 24.2 Å². The highest BCUT2D eigenvalue weighted by Gasteiger charge is 2.70. The lowest BCUT2D eigenvalue weighted by Gasteiger charge is -2.61. The second-order valence-corrected chi connectivity index (χ2v) is 14.3. The Morgan fingerprint density at radius 1 is 1.18 bits per heavy atom. The van der Waals surface area contributed by atoms with Gasteiger partial charge in [0.15, 0.2) is 18.2 Å². The number of rotatable bonds is 5. The molecule has 5 N–H and O–H groups in total. The van der Waals surface area contributed by atoms with E-state index in [-0.39, 0.29) is 36.4 Å². The number of hydrogen-bond donors (Lipinski definition) is 5. The molecule has 226 valence electrons. The van der Waals surface area contributed by atoms with E-state index < -0.39 is 70.5 Å². The first-order valence-electron chi connectivity index (χ1n) is 15.1. The number of fused-ring (bicyclic) bond motifs is 5. The summed E-state index contributed by atoms with van der Waals surface area (Å²) in [5.41, 5.74) is -3.72. The minimum atomic E-state index is -1.60. The third-order valence-electron chi connectivity index (χ3n) is 12.3. The molecule has 1 aliphatic heterocycles. The molecule has 0 aromatic carbocycles. The van der Waals surface area contributed by atoms with Crippen LogP contribution in [0.4, 0.5) is 0 Å². The van der Waals surface area contributed by atoms with Crippen molar-refractivity contribution in [3.63, 3.8) is 0 Å². The molecule has 3 saturated carbocycles. The van der Waals surface area contributed by atoms with E-state index in [1.165, 1.54) is 6.92 Å². The van der Waals surface area contributed by atoms with Crippen LogP contribution in [0.2, 0.25) is 0 Å². The van der Waals surface area contributed by atoms with Crippen molar-refractivity contribution in [1.29, 1.82) is 0 Å². The minimum Gasteiger partial charge on any atom is -0.457 e. The van der Waals surface area contributed by atoms with E-state index in [0.717, 1.165) is 0 Å². The molecule has 4 aliphatic carbocycles. The Balaban J connectivity index is 1.52. The molecule has 9 heteroatoms. The van der Waals surface area contributed by atoms with Crippen LogP contribution in [0.5, 0.6) is 0 Å². The zero-order valence-electron chi connectivity index (χ0n) is 24.7. The molecule has 5 aliphatic rings. The smallest absolute Gasteiger partial charge is 0.303 e. The number of aliphatic hydroxyl groups excluding tert-OH is 3. The predicted molar refractivity (Wildman–Crippen MR) is 144 cm³/mol. The van der Waals surface area contributed by atoms with E-state index in [0.29, 0.717) is 37.7 Å². The molecule has 0 radical (unpaired) electrons. The summed E-state index contributed by atoms with van der Waals surface area (Å²) in [5, 5.41) is 56.3. The van der Waals surface area contributed by atoms with E-state index >= 15 is 0 Å². The summed E-state index contributed by atoms with van der Waals surface area (Å²) >= 11 is 0. The van der Waals surface area contributed by atoms with Gasteiger partial charge in [-0.25, -0.2) is 0 Å². The van der Waals surface area contributed by atoms with Crippen LogP contribution in [0.1, 0.15) is 86.5 Å². The molecule has 14 atom stereocenters. The van der Waals surface area contributed by atoms with Crippen molar-refractivity contribution in [3.8, 4) is 0 Å². The van der Waals surface area contributed by atoms with E-state index in [1.807, 2.05) is 27.7 Å². The van der Waals surface area contributed by atoms with Crippen LogP contribution in [0, 0.1) is 40.4 Å². The maximum Gasteiger partial charge on any atom is 0.303 e. The molecule has 40 heavy (non-hydrogen) atoms. The van der Waals surface area contributed by atoms with Gasteiger partial charge in [0.25, 0.3) is 0 Å². The van der Waals surface area contributed by atoms with Gasteiger partial charge in [-0.05, 0) is 80.3 Å². The van der Waals surface area contributed by atoms with Crippen molar-refractivity contribution in [1.82, 2.24) is 0 Å². The predicted octanol–water partition coefficient (Wildman–Crippen LogP) is 2.25. The first kappa shape index (κ1) is 30.1. The van der Waals surface area contributed by atoms with Gasteiger partial charge in [-0.1, -0.05) is 34.1 Å². The molecular weight excluding hydrogens is 516 g/mol. The highest BCUT2D eigenvalue weighted by Crippen LogP contribution is 2.69. The number of aliphatic hydroxyl groups is 5. The molecule has 0 aromatic heterocycles. The third-order valence-corrected chi connectivity index (χ3v) is 12.3. The van der Waals surface area contributed by atoms with Gasteiger partial charge in [-0.3, -0.25) is 9.59 Å². The summed E-state index contributed by atoms with van der Waals surface area (Å²) in [5.74, 6) is -2.08. The topological polar surface area (TPSA) is 154 Å². The Labute approximate surface area is 236 Å². The molecule has 1 heterocycles. The van der Waals surface area contributed by atoms with Crippen LogP contribution >= 0.6 is 0 Å². The SMILES string of the molecule is CC[C@H]1[C@@H](C)[C@H](O)O[C@@H]1[C@@H](OC(C)=O)[C@](C)(O)[C@H]1CC[C@@]2(O)C3=CC(=O)[C@@H]4C[C@@H](O)[C@@H](O)C[C@]4(C)[C@H]3CC[C@]12C. The lowest BCUT2D eigenvalue weighted by atomic mass is 9.45. The van der Waals surface area contributed by atoms with E-state index in [1.54, 1.807) is 13.0 Å². The Bertz CT molecular complexity index is 1070. The normalized spacial score (nSPS) is 50.7. The largest absolute Gasteiger partial charge is 0.457 e. The van der Waals surface area contributed by atoms with Gasteiger partial charge in [-0.2, -0.15) is 0 Å². The molecule has 0 bridgehead atoms. The molecule has 9 nitrogen and oxygen atoms in total. The number of hydrogen-bond acceptors (Lipinski definition) is 9. The van der Waals surface area contributed by atoms with Crippen molar-refractivity contribution in [2.45, 2.75) is 128 Å². The lowest BCUT2D eigenvalue weighted by molar-refractivity contribution is -0.223. The van der Waals surface area contributed by atoms with Crippen molar-refractivity contribution in [2.75, 3.05) is 0 Å². The number of esters is 1. The van der Waals surface area contributed by atoms with Crippen molar-refractivity contribution in [3.05, 3.63) is 11.6 Å². The molecule has 0 spiro atoms. The zero-order chi connectivity index (χ0) is 29.6. The number of ketones is 1. The standard InChI is InChI=1S/C31H48O9/c1-7-17-15(2)27(36)40-25(17)26(39-16(3)32)30(6,37)24-9-11-31(38)19-12-21(33)20-13-22(34)23(35)14-28(20,4)18(19)8-10-29(24,31)5/h12,15,17-18,20,22-27,34-38H,7-11,13-14H2,1-6H3/t15-,17+,18+,20+,22-,23+,24+,25+,26-,27-,28-,29-,30-,31-/m1/s1. The van der Waals surface area contributed by atoms with Crippen LogP contribution in [0.15, 0.2) is 11.6 Å². The molecule has 0 unspecified atom stereocenters. The van der Waals surface area contributed by atoms with Crippen LogP contribution in [0.25, 0.3) is 0 Å². The zero-order valence-corrected chi connectivity index (χ0v) is 24.7. The van der Waals surface area contributed by atoms with Gasteiger partial charge in [0.05, 0.1) is 17.8 Å². The number of ether oxygens (including phenoxy) is 2. The maximum atomic E-state index is 13.5. The van der Waals surface area contributed by atoms with Gasteiger partial charge in [-0.15, -0.1) is 0 Å². The van der Waals surface area contributed by atoms with E-state index in [4.69, 9.17) is 9.47 Å². The Morgan fingerprint density at radius 3 is 2.48 bits per heavy atom. The second-order valence-electron chi connectivity index (χ2n) is 14.3. The second kappa shape index (κ2) is 9.85. The Hall–Kier alpha value is -1.36. The van der Waals surface area contributed by atoms with E-state index in [2.05, 4.69) is 0 Å². The van der Waals surface area contributed by atoms with Crippen LogP contribution in [-0.4, -0.2) is 79.2 Å². The summed E-state index contributed by atoms with van der Waals surface area (Å²) in [6, 6.07) is 0. The summed E-state index contributed by atoms with van der Waals surface area (Å²) in [6.45, 7) is 10.8. The maximum absolute atomic E-state index is 13.5. The number of carbonyl (C=O) groups is 2. The Morgan fingerprint density at radius 2 is 1.85 bits per heavy atom. The van der Waals surface area contributed by atoms with Crippen LogP contribution in [-0.2, 0) is 19.1 Å². The van der Waals surface area contributed by atoms with Gasteiger partial charge < -0.3 is 35.0 Å². The summed E-state index contributed by atoms with van der Waals surface area (Å²) in [6.07, 6.45) is 0.0733. The molecular formula is C31H48O9. The minimum absolute atomic E-state index is 0.126. The highest BCUT2D eigenvalue weighted by molar-refractivity contribution is 5.95. The van der Waals surface area contributed by atoms with E-state index in [9.17, 15) is 35.1 Å². The van der Waals surface area contributed by atoms with Crippen molar-refractivity contribution >= 4 is 11.8 Å². The fourth-order valence-electron chi connectivity index (χ4n) is 10.0. The fraction of sp³-hybridized carbons (Fsp3) is 0.871.